The number of methoxy groups -OCH3 is 1. The second-order valence-electron chi connectivity index (χ2n) is 6.00. The fourth-order valence-corrected chi connectivity index (χ4v) is 2.60. The molecule has 18 heavy (non-hydrogen) atoms. The molecule has 104 valence electrons. The number of carbonyl (C=O) groups excluding carboxylic acids is 2. The Bertz CT molecular complexity index is 316. The lowest BCUT2D eigenvalue weighted by molar-refractivity contribution is -0.161. The second kappa shape index (κ2) is 5.72. The Morgan fingerprint density at radius 3 is 2.22 bits per heavy atom. The average molecular weight is 256 g/mol. The largest absolute Gasteiger partial charge is 0.469 e. The Morgan fingerprint density at radius 1 is 1.17 bits per heavy atom. The van der Waals surface area contributed by atoms with Gasteiger partial charge in [0.1, 0.15) is 5.60 Å². The Kier molecular flexibility index (Phi) is 4.77. The lowest BCUT2D eigenvalue weighted by Crippen LogP contribution is -2.30. The zero-order valence-corrected chi connectivity index (χ0v) is 12.0. The molecule has 0 heterocycles. The van der Waals surface area contributed by atoms with Crippen molar-refractivity contribution in [3.8, 4) is 0 Å². The molecule has 3 atom stereocenters. The molecule has 1 aliphatic rings. The Morgan fingerprint density at radius 2 is 1.78 bits per heavy atom. The van der Waals surface area contributed by atoms with Gasteiger partial charge in [-0.1, -0.05) is 13.3 Å². The summed E-state index contributed by atoms with van der Waals surface area (Å²) in [5.41, 5.74) is -0.473. The van der Waals surface area contributed by atoms with Crippen LogP contribution in [0.4, 0.5) is 0 Å². The van der Waals surface area contributed by atoms with E-state index in [-0.39, 0.29) is 29.7 Å². The van der Waals surface area contributed by atoms with Crippen LogP contribution in [0.2, 0.25) is 0 Å². The van der Waals surface area contributed by atoms with E-state index in [0.29, 0.717) is 6.42 Å². The fourth-order valence-electron chi connectivity index (χ4n) is 2.60. The standard InChI is InChI=1S/C14H24O4/c1-6-9-7-10(12(15)17-5)8-11(9)13(16)18-14(2,3)4/h9-11H,6-8H2,1-5H3/t9-,10+,11?/m0/s1. The number of hydrogen-bond acceptors (Lipinski definition) is 4. The van der Waals surface area contributed by atoms with E-state index in [4.69, 9.17) is 9.47 Å². The summed E-state index contributed by atoms with van der Waals surface area (Å²) in [5.74, 6) is -0.486. The van der Waals surface area contributed by atoms with Gasteiger partial charge in [-0.2, -0.15) is 0 Å². The summed E-state index contributed by atoms with van der Waals surface area (Å²) in [6, 6.07) is 0. The molecular formula is C14H24O4. The topological polar surface area (TPSA) is 52.6 Å². The van der Waals surface area contributed by atoms with Gasteiger partial charge in [0.25, 0.3) is 0 Å². The van der Waals surface area contributed by atoms with E-state index in [2.05, 4.69) is 0 Å². The first-order valence-electron chi connectivity index (χ1n) is 6.59. The maximum absolute atomic E-state index is 12.1. The van der Waals surface area contributed by atoms with E-state index in [0.717, 1.165) is 12.8 Å². The van der Waals surface area contributed by atoms with Gasteiger partial charge in [0.2, 0.25) is 0 Å². The molecule has 0 saturated heterocycles. The van der Waals surface area contributed by atoms with Gasteiger partial charge >= 0.3 is 11.9 Å². The first kappa shape index (κ1) is 15.0. The summed E-state index contributed by atoms with van der Waals surface area (Å²) in [7, 11) is 1.39. The highest BCUT2D eigenvalue weighted by atomic mass is 16.6. The van der Waals surface area contributed by atoms with E-state index < -0.39 is 5.60 Å². The van der Waals surface area contributed by atoms with Crippen LogP contribution >= 0.6 is 0 Å². The molecule has 0 N–H and O–H groups in total. The van der Waals surface area contributed by atoms with Crippen LogP contribution in [0.5, 0.6) is 0 Å². The van der Waals surface area contributed by atoms with Crippen molar-refractivity contribution in [3.63, 3.8) is 0 Å². The van der Waals surface area contributed by atoms with E-state index in [1.54, 1.807) is 0 Å². The second-order valence-corrected chi connectivity index (χ2v) is 6.00. The van der Waals surface area contributed by atoms with E-state index in [9.17, 15) is 9.59 Å². The molecule has 0 amide bonds. The molecule has 0 aromatic heterocycles. The first-order chi connectivity index (χ1) is 8.28. The molecule has 0 spiro atoms. The van der Waals surface area contributed by atoms with E-state index in [1.807, 2.05) is 27.7 Å². The van der Waals surface area contributed by atoms with Crippen LogP contribution in [0.25, 0.3) is 0 Å². The summed E-state index contributed by atoms with van der Waals surface area (Å²) in [4.78, 5) is 23.7. The average Bonchev–Trinajstić information content (AvgIpc) is 2.69. The Balaban J connectivity index is 2.70. The van der Waals surface area contributed by atoms with Crippen LogP contribution in [-0.2, 0) is 19.1 Å². The fraction of sp³-hybridized carbons (Fsp3) is 0.857. The number of hydrogen-bond donors (Lipinski definition) is 0. The van der Waals surface area contributed by atoms with Crippen LogP contribution in [0.1, 0.15) is 47.0 Å². The summed E-state index contributed by atoms with van der Waals surface area (Å²) >= 11 is 0. The third-order valence-electron chi connectivity index (χ3n) is 3.46. The minimum Gasteiger partial charge on any atom is -0.469 e. The van der Waals surface area contributed by atoms with E-state index >= 15 is 0 Å². The van der Waals surface area contributed by atoms with Crippen molar-refractivity contribution < 1.29 is 19.1 Å². The molecule has 4 nitrogen and oxygen atoms in total. The van der Waals surface area contributed by atoms with Crippen LogP contribution in [0, 0.1) is 17.8 Å². The Labute approximate surface area is 109 Å². The SMILES string of the molecule is CC[C@H]1C[C@@H](C(=O)OC)CC1C(=O)OC(C)(C)C. The molecule has 0 aromatic rings. The number of carbonyl (C=O) groups is 2. The molecule has 0 aromatic carbocycles. The highest BCUT2D eigenvalue weighted by Gasteiger charge is 2.42. The minimum absolute atomic E-state index is 0.155. The van der Waals surface area contributed by atoms with Gasteiger partial charge in [-0.25, -0.2) is 0 Å². The van der Waals surface area contributed by atoms with Crippen molar-refractivity contribution in [1.29, 1.82) is 0 Å². The highest BCUT2D eigenvalue weighted by molar-refractivity contribution is 5.78. The highest BCUT2D eigenvalue weighted by Crippen LogP contribution is 2.40. The third-order valence-corrected chi connectivity index (χ3v) is 3.46. The smallest absolute Gasteiger partial charge is 0.309 e. The molecule has 1 fully saturated rings. The lowest BCUT2D eigenvalue weighted by Gasteiger charge is -2.24. The predicted molar refractivity (Wildman–Crippen MR) is 67.9 cm³/mol. The van der Waals surface area contributed by atoms with Crippen molar-refractivity contribution >= 4 is 11.9 Å². The maximum Gasteiger partial charge on any atom is 0.309 e. The van der Waals surface area contributed by atoms with Crippen molar-refractivity contribution in [2.24, 2.45) is 17.8 Å². The zero-order valence-electron chi connectivity index (χ0n) is 12.0. The molecule has 1 saturated carbocycles. The van der Waals surface area contributed by atoms with Crippen molar-refractivity contribution in [3.05, 3.63) is 0 Å². The molecule has 1 rings (SSSR count). The minimum atomic E-state index is -0.473. The van der Waals surface area contributed by atoms with Crippen LogP contribution in [0.15, 0.2) is 0 Å². The summed E-state index contributed by atoms with van der Waals surface area (Å²) in [5, 5.41) is 0. The monoisotopic (exact) mass is 256 g/mol. The van der Waals surface area contributed by atoms with Gasteiger partial charge in [-0.3, -0.25) is 9.59 Å². The lowest BCUT2D eigenvalue weighted by atomic mass is 9.93. The summed E-state index contributed by atoms with van der Waals surface area (Å²) in [6.07, 6.45) is 2.17. The number of ether oxygens (including phenoxy) is 2. The van der Waals surface area contributed by atoms with E-state index in [1.165, 1.54) is 7.11 Å². The molecule has 1 aliphatic carbocycles. The summed E-state index contributed by atoms with van der Waals surface area (Å²) < 4.78 is 10.2. The van der Waals surface area contributed by atoms with Crippen molar-refractivity contribution in [2.45, 2.75) is 52.6 Å². The van der Waals surface area contributed by atoms with Gasteiger partial charge in [-0.15, -0.1) is 0 Å². The maximum atomic E-state index is 12.1. The van der Waals surface area contributed by atoms with Crippen LogP contribution in [-0.4, -0.2) is 24.6 Å². The van der Waals surface area contributed by atoms with Crippen LogP contribution in [0.3, 0.4) is 0 Å². The quantitative estimate of drug-likeness (QED) is 0.728. The van der Waals surface area contributed by atoms with Gasteiger partial charge in [-0.05, 0) is 39.5 Å². The molecule has 0 aliphatic heterocycles. The normalized spacial score (nSPS) is 27.9. The Hall–Kier alpha value is -1.06. The zero-order chi connectivity index (χ0) is 13.9. The molecule has 0 radical (unpaired) electrons. The summed E-state index contributed by atoms with van der Waals surface area (Å²) in [6.45, 7) is 7.62. The van der Waals surface area contributed by atoms with Crippen molar-refractivity contribution in [2.75, 3.05) is 7.11 Å². The number of rotatable bonds is 3. The first-order valence-corrected chi connectivity index (χ1v) is 6.59. The van der Waals surface area contributed by atoms with Crippen LogP contribution < -0.4 is 0 Å². The van der Waals surface area contributed by atoms with Gasteiger partial charge in [0, 0.05) is 0 Å². The molecule has 1 unspecified atom stereocenters. The van der Waals surface area contributed by atoms with Gasteiger partial charge < -0.3 is 9.47 Å². The third kappa shape index (κ3) is 3.72. The molecule has 0 bridgehead atoms. The van der Waals surface area contributed by atoms with Gasteiger partial charge in [0.05, 0.1) is 18.9 Å². The van der Waals surface area contributed by atoms with Crippen molar-refractivity contribution in [1.82, 2.24) is 0 Å². The number of esters is 2. The van der Waals surface area contributed by atoms with Gasteiger partial charge in [0.15, 0.2) is 0 Å². The predicted octanol–water partition coefficient (Wildman–Crippen LogP) is 2.55. The molecule has 4 heteroatoms. The molecular weight excluding hydrogens is 232 g/mol.